The molecule has 1 rings (SSSR count). The van der Waals surface area contributed by atoms with Gasteiger partial charge in [-0.15, -0.1) is 0 Å². The van der Waals surface area contributed by atoms with E-state index >= 15 is 0 Å². The summed E-state index contributed by atoms with van der Waals surface area (Å²) < 4.78 is 4.89. The first-order valence-corrected chi connectivity index (χ1v) is 5.89. The standard InChI is InChI=1S/C10H18N2O8/c13-2-4(12-10(18)19)1-11-6-8(16)7(15)5(3-14)20-9(6)17/h2,4-9,11-12,14-17H,1,3H2,(H,18,19)/t4-,5+,6+,7+,8+,9+/m0/s1. The molecular weight excluding hydrogens is 276 g/mol. The van der Waals surface area contributed by atoms with Gasteiger partial charge in [0, 0.05) is 6.54 Å². The van der Waals surface area contributed by atoms with Crippen molar-refractivity contribution in [2.75, 3.05) is 13.2 Å². The number of carbonyl (C=O) groups excluding carboxylic acids is 1. The highest BCUT2D eigenvalue weighted by molar-refractivity contribution is 5.71. The second-order valence-corrected chi connectivity index (χ2v) is 4.35. The zero-order valence-corrected chi connectivity index (χ0v) is 10.4. The largest absolute Gasteiger partial charge is 0.465 e. The van der Waals surface area contributed by atoms with Crippen molar-refractivity contribution >= 4 is 12.4 Å². The fourth-order valence-corrected chi connectivity index (χ4v) is 1.87. The van der Waals surface area contributed by atoms with Crippen molar-refractivity contribution < 1.29 is 39.9 Å². The highest BCUT2D eigenvalue weighted by Crippen LogP contribution is 2.19. The van der Waals surface area contributed by atoms with Crippen LogP contribution in [0.5, 0.6) is 0 Å². The third-order valence-corrected chi connectivity index (χ3v) is 2.95. The molecule has 0 aromatic heterocycles. The molecule has 0 spiro atoms. The van der Waals surface area contributed by atoms with E-state index in [9.17, 15) is 24.9 Å². The number of carboxylic acid groups (broad SMARTS) is 1. The minimum atomic E-state index is -1.53. The Balaban J connectivity index is 2.57. The van der Waals surface area contributed by atoms with Crippen LogP contribution in [-0.4, -0.2) is 87.7 Å². The quantitative estimate of drug-likeness (QED) is 0.243. The molecule has 0 radical (unpaired) electrons. The molecule has 1 aliphatic heterocycles. The van der Waals surface area contributed by atoms with Gasteiger partial charge in [-0.2, -0.15) is 0 Å². The third-order valence-electron chi connectivity index (χ3n) is 2.95. The molecule has 0 saturated carbocycles. The minimum Gasteiger partial charge on any atom is -0.465 e. The maximum absolute atomic E-state index is 10.6. The topological polar surface area (TPSA) is 169 Å². The maximum Gasteiger partial charge on any atom is 0.405 e. The second kappa shape index (κ2) is 7.47. The summed E-state index contributed by atoms with van der Waals surface area (Å²) in [5, 5.41) is 50.9. The van der Waals surface area contributed by atoms with E-state index in [1.165, 1.54) is 0 Å². The number of amides is 1. The van der Waals surface area contributed by atoms with Crippen LogP contribution in [0.2, 0.25) is 0 Å². The molecule has 0 bridgehead atoms. The van der Waals surface area contributed by atoms with Gasteiger partial charge < -0.3 is 45.7 Å². The molecule has 0 aromatic rings. The van der Waals surface area contributed by atoms with Gasteiger partial charge in [0.25, 0.3) is 0 Å². The molecule has 10 heteroatoms. The Hall–Kier alpha value is -1.30. The predicted molar refractivity (Wildman–Crippen MR) is 62.8 cm³/mol. The molecular formula is C10H18N2O8. The Morgan fingerprint density at radius 3 is 2.45 bits per heavy atom. The predicted octanol–water partition coefficient (Wildman–Crippen LogP) is -3.79. The van der Waals surface area contributed by atoms with Crippen LogP contribution < -0.4 is 10.6 Å². The number of aliphatic hydroxyl groups is 4. The molecule has 1 heterocycles. The first-order chi connectivity index (χ1) is 9.40. The molecule has 0 unspecified atom stereocenters. The van der Waals surface area contributed by atoms with E-state index in [2.05, 4.69) is 5.32 Å². The summed E-state index contributed by atoms with van der Waals surface area (Å²) in [6.07, 6.45) is -6.59. The number of ether oxygens (including phenoxy) is 1. The van der Waals surface area contributed by atoms with E-state index in [-0.39, 0.29) is 6.54 Å². The lowest BCUT2D eigenvalue weighted by atomic mass is 9.97. The van der Waals surface area contributed by atoms with Gasteiger partial charge in [-0.05, 0) is 0 Å². The first-order valence-electron chi connectivity index (χ1n) is 5.89. The van der Waals surface area contributed by atoms with Gasteiger partial charge in [-0.1, -0.05) is 0 Å². The molecule has 1 fully saturated rings. The van der Waals surface area contributed by atoms with E-state index < -0.39 is 49.4 Å². The van der Waals surface area contributed by atoms with Crippen molar-refractivity contribution in [3.8, 4) is 0 Å². The highest BCUT2D eigenvalue weighted by Gasteiger charge is 2.43. The summed E-state index contributed by atoms with van der Waals surface area (Å²) in [5.74, 6) is 0. The summed E-state index contributed by atoms with van der Waals surface area (Å²) in [6.45, 7) is -0.798. The number of nitrogens with one attached hydrogen (secondary N) is 2. The normalized spacial score (nSPS) is 35.3. The maximum atomic E-state index is 10.6. The van der Waals surface area contributed by atoms with Crippen LogP contribution in [0.15, 0.2) is 0 Å². The van der Waals surface area contributed by atoms with Crippen LogP contribution >= 0.6 is 0 Å². The fraction of sp³-hybridized carbons (Fsp3) is 0.800. The van der Waals surface area contributed by atoms with Crippen LogP contribution in [0.3, 0.4) is 0 Å². The summed E-state index contributed by atoms with van der Waals surface area (Å²) >= 11 is 0. The average Bonchev–Trinajstić information content (AvgIpc) is 2.40. The summed E-state index contributed by atoms with van der Waals surface area (Å²) in [5.41, 5.74) is 0. The van der Waals surface area contributed by atoms with E-state index in [1.807, 2.05) is 5.32 Å². The number of aldehydes is 1. The van der Waals surface area contributed by atoms with Crippen molar-refractivity contribution in [1.29, 1.82) is 0 Å². The summed E-state index contributed by atoms with van der Waals surface area (Å²) in [6, 6.07) is -2.22. The zero-order valence-electron chi connectivity index (χ0n) is 10.4. The van der Waals surface area contributed by atoms with Crippen LogP contribution in [-0.2, 0) is 9.53 Å². The zero-order chi connectivity index (χ0) is 15.3. The van der Waals surface area contributed by atoms with Crippen molar-refractivity contribution in [1.82, 2.24) is 10.6 Å². The van der Waals surface area contributed by atoms with Gasteiger partial charge >= 0.3 is 6.09 Å². The first kappa shape index (κ1) is 16.8. The van der Waals surface area contributed by atoms with Crippen LogP contribution in [0.4, 0.5) is 4.79 Å². The van der Waals surface area contributed by atoms with Crippen LogP contribution in [0, 0.1) is 0 Å². The Labute approximate surface area is 114 Å². The second-order valence-electron chi connectivity index (χ2n) is 4.35. The molecule has 1 amide bonds. The summed E-state index contributed by atoms with van der Waals surface area (Å²) in [7, 11) is 0. The van der Waals surface area contributed by atoms with Gasteiger partial charge in [-0.25, -0.2) is 4.79 Å². The lowest BCUT2D eigenvalue weighted by Crippen LogP contribution is -2.64. The number of hydrogen-bond donors (Lipinski definition) is 7. The number of carbonyl (C=O) groups is 2. The molecule has 0 aliphatic carbocycles. The molecule has 0 aromatic carbocycles. The van der Waals surface area contributed by atoms with Gasteiger partial charge in [0.1, 0.15) is 30.6 Å². The van der Waals surface area contributed by atoms with Gasteiger partial charge in [0.05, 0.1) is 12.6 Å². The molecule has 20 heavy (non-hydrogen) atoms. The highest BCUT2D eigenvalue weighted by atomic mass is 16.6. The van der Waals surface area contributed by atoms with Crippen LogP contribution in [0.1, 0.15) is 0 Å². The molecule has 1 aliphatic rings. The van der Waals surface area contributed by atoms with E-state index in [1.54, 1.807) is 0 Å². The number of hydrogen-bond acceptors (Lipinski definition) is 8. The average molecular weight is 294 g/mol. The van der Waals surface area contributed by atoms with Gasteiger partial charge in [0.15, 0.2) is 6.29 Å². The van der Waals surface area contributed by atoms with Crippen molar-refractivity contribution in [2.45, 2.75) is 36.7 Å². The van der Waals surface area contributed by atoms with Crippen molar-refractivity contribution in [3.05, 3.63) is 0 Å². The van der Waals surface area contributed by atoms with Gasteiger partial charge in [0.2, 0.25) is 0 Å². The minimum absolute atomic E-state index is 0.214. The SMILES string of the molecule is O=C[C@H](CN[C@@H]1[C@@H](O)[C@H](O)[C@@H](CO)O[C@H]1O)NC(=O)O. The monoisotopic (exact) mass is 294 g/mol. The Morgan fingerprint density at radius 1 is 1.30 bits per heavy atom. The molecule has 7 N–H and O–H groups in total. The van der Waals surface area contributed by atoms with Crippen molar-refractivity contribution in [2.24, 2.45) is 0 Å². The number of rotatable bonds is 6. The smallest absolute Gasteiger partial charge is 0.405 e. The van der Waals surface area contributed by atoms with E-state index in [4.69, 9.17) is 14.9 Å². The summed E-state index contributed by atoms with van der Waals surface area (Å²) in [4.78, 5) is 21.0. The Bertz CT molecular complexity index is 341. The lowest BCUT2D eigenvalue weighted by molar-refractivity contribution is -0.254. The van der Waals surface area contributed by atoms with Gasteiger partial charge in [-0.3, -0.25) is 0 Å². The molecule has 1 saturated heterocycles. The fourth-order valence-electron chi connectivity index (χ4n) is 1.87. The molecule has 116 valence electrons. The number of aliphatic hydroxyl groups excluding tert-OH is 4. The van der Waals surface area contributed by atoms with E-state index in [0.717, 1.165) is 0 Å². The molecule has 10 nitrogen and oxygen atoms in total. The Morgan fingerprint density at radius 2 is 1.95 bits per heavy atom. The van der Waals surface area contributed by atoms with Crippen molar-refractivity contribution in [3.63, 3.8) is 0 Å². The van der Waals surface area contributed by atoms with Crippen LogP contribution in [0.25, 0.3) is 0 Å². The van der Waals surface area contributed by atoms with E-state index in [0.29, 0.717) is 6.29 Å². The Kier molecular flexibility index (Phi) is 6.26. The lowest BCUT2D eigenvalue weighted by Gasteiger charge is -2.40. The third kappa shape index (κ3) is 4.10. The molecule has 6 atom stereocenters.